The second kappa shape index (κ2) is 14.2. The Bertz CT molecular complexity index is 1450. The molecular formula is C34H38ClNO5. The van der Waals surface area contributed by atoms with E-state index in [2.05, 4.69) is 59.5 Å². The van der Waals surface area contributed by atoms with Crippen molar-refractivity contribution < 1.29 is 23.7 Å². The van der Waals surface area contributed by atoms with Crippen LogP contribution in [0.25, 0.3) is 10.8 Å². The number of fused-ring (bicyclic) bond motifs is 2. The Hall–Kier alpha value is -3.74. The average Bonchev–Trinajstić information content (AvgIpc) is 3.00. The van der Waals surface area contributed by atoms with Gasteiger partial charge in [0.1, 0.15) is 5.75 Å². The van der Waals surface area contributed by atoms with Crippen molar-refractivity contribution in [3.05, 3.63) is 101 Å². The van der Waals surface area contributed by atoms with Gasteiger partial charge in [-0.3, -0.25) is 4.90 Å². The fraction of sp³-hybridized carbons (Fsp3) is 0.324. The van der Waals surface area contributed by atoms with E-state index in [9.17, 15) is 4.79 Å². The Morgan fingerprint density at radius 3 is 2.41 bits per heavy atom. The first-order chi connectivity index (χ1) is 19.6. The number of nitrogens with zero attached hydrogens (tertiary/aromatic N) is 1. The lowest BCUT2D eigenvalue weighted by atomic mass is 9.87. The fourth-order valence-electron chi connectivity index (χ4n) is 5.62. The topological polar surface area (TPSA) is 57.2 Å². The molecule has 1 atom stereocenters. The molecule has 0 N–H and O–H groups in total. The Labute approximate surface area is 248 Å². The lowest BCUT2D eigenvalue weighted by Crippen LogP contribution is -2.38. The van der Waals surface area contributed by atoms with Crippen molar-refractivity contribution in [2.24, 2.45) is 0 Å². The molecule has 1 unspecified atom stereocenters. The van der Waals surface area contributed by atoms with E-state index in [0.29, 0.717) is 18.8 Å². The maximum atomic E-state index is 11.9. The lowest BCUT2D eigenvalue weighted by Gasteiger charge is -2.38. The Morgan fingerprint density at radius 1 is 0.927 bits per heavy atom. The molecule has 0 spiro atoms. The van der Waals surface area contributed by atoms with Crippen molar-refractivity contribution in [1.29, 1.82) is 0 Å². The second-order valence-corrected chi connectivity index (χ2v) is 10.00. The quantitative estimate of drug-likeness (QED) is 0.141. The maximum Gasteiger partial charge on any atom is 0.338 e. The molecule has 41 heavy (non-hydrogen) atoms. The smallest absolute Gasteiger partial charge is 0.338 e. The number of ether oxygens (including phenoxy) is 4. The third kappa shape index (κ3) is 6.95. The van der Waals surface area contributed by atoms with Gasteiger partial charge in [-0.25, -0.2) is 4.79 Å². The minimum atomic E-state index is -0.314. The lowest BCUT2D eigenvalue weighted by molar-refractivity contribution is 0.0526. The van der Waals surface area contributed by atoms with Crippen molar-refractivity contribution >= 4 is 29.1 Å². The Balaban J connectivity index is 0.00000387. The zero-order valence-corrected chi connectivity index (χ0v) is 24.7. The molecule has 4 aromatic carbocycles. The molecule has 6 nitrogen and oxygen atoms in total. The first-order valence-corrected chi connectivity index (χ1v) is 14.0. The monoisotopic (exact) mass is 575 g/mol. The summed E-state index contributed by atoms with van der Waals surface area (Å²) in [6, 6.07) is 26.8. The van der Waals surface area contributed by atoms with Gasteiger partial charge in [0.05, 0.1) is 33.0 Å². The summed E-state index contributed by atoms with van der Waals surface area (Å²) in [5, 5.41) is 2.56. The van der Waals surface area contributed by atoms with E-state index in [1.165, 1.54) is 27.5 Å². The molecular weight excluding hydrogens is 538 g/mol. The number of carbonyl (C=O) groups is 1. The van der Waals surface area contributed by atoms with Gasteiger partial charge in [0.25, 0.3) is 0 Å². The molecule has 0 bridgehead atoms. The summed E-state index contributed by atoms with van der Waals surface area (Å²) < 4.78 is 22.4. The molecule has 0 aliphatic carbocycles. The first kappa shape index (κ1) is 30.2. The summed E-state index contributed by atoms with van der Waals surface area (Å²) in [7, 11) is 3.39. The van der Waals surface area contributed by atoms with E-state index in [1.807, 2.05) is 12.1 Å². The molecule has 0 aromatic heterocycles. The van der Waals surface area contributed by atoms with Crippen LogP contribution in [0.2, 0.25) is 0 Å². The van der Waals surface area contributed by atoms with Gasteiger partial charge in [-0.05, 0) is 90.0 Å². The highest BCUT2D eigenvalue weighted by Crippen LogP contribution is 2.40. The third-order valence-electron chi connectivity index (χ3n) is 7.63. The van der Waals surface area contributed by atoms with Crippen LogP contribution in [0.1, 0.15) is 46.4 Å². The minimum absolute atomic E-state index is 0. The summed E-state index contributed by atoms with van der Waals surface area (Å²) in [5.41, 5.74) is 4.49. The summed E-state index contributed by atoms with van der Waals surface area (Å²) in [6.45, 7) is 4.63. The molecule has 0 saturated heterocycles. The first-order valence-electron chi connectivity index (χ1n) is 14.0. The number of hydrogen-bond donors (Lipinski definition) is 0. The van der Waals surface area contributed by atoms with Crippen molar-refractivity contribution in [1.82, 2.24) is 4.90 Å². The van der Waals surface area contributed by atoms with Gasteiger partial charge < -0.3 is 18.9 Å². The number of halogens is 1. The van der Waals surface area contributed by atoms with Crippen LogP contribution < -0.4 is 14.2 Å². The van der Waals surface area contributed by atoms with Gasteiger partial charge >= 0.3 is 5.97 Å². The van der Waals surface area contributed by atoms with Crippen molar-refractivity contribution in [2.45, 2.75) is 32.2 Å². The number of rotatable bonds is 11. The molecule has 1 heterocycles. The van der Waals surface area contributed by atoms with E-state index in [1.54, 1.807) is 33.3 Å². The van der Waals surface area contributed by atoms with Crippen LogP contribution in [-0.4, -0.2) is 51.4 Å². The average molecular weight is 576 g/mol. The number of hydrogen-bond acceptors (Lipinski definition) is 6. The predicted octanol–water partition coefficient (Wildman–Crippen LogP) is 7.07. The van der Waals surface area contributed by atoms with Gasteiger partial charge in [0, 0.05) is 19.1 Å². The highest BCUT2D eigenvalue weighted by atomic mass is 35.5. The van der Waals surface area contributed by atoms with Crippen molar-refractivity contribution in [2.75, 3.05) is 40.5 Å². The molecule has 216 valence electrons. The number of methoxy groups -OCH3 is 2. The van der Waals surface area contributed by atoms with Crippen molar-refractivity contribution in [3.8, 4) is 17.2 Å². The van der Waals surface area contributed by atoms with E-state index in [-0.39, 0.29) is 24.4 Å². The van der Waals surface area contributed by atoms with Crippen LogP contribution in [0, 0.1) is 0 Å². The molecule has 0 radical (unpaired) electrons. The summed E-state index contributed by atoms with van der Waals surface area (Å²) in [4.78, 5) is 14.5. The van der Waals surface area contributed by atoms with E-state index in [0.717, 1.165) is 49.6 Å². The molecule has 1 aliphatic heterocycles. The molecule has 4 aromatic rings. The van der Waals surface area contributed by atoms with Crippen LogP contribution in [0.15, 0.2) is 78.9 Å². The van der Waals surface area contributed by atoms with Crippen LogP contribution in [0.5, 0.6) is 17.2 Å². The van der Waals surface area contributed by atoms with Gasteiger partial charge in [-0.2, -0.15) is 0 Å². The third-order valence-corrected chi connectivity index (χ3v) is 7.63. The SMILES string of the molecule is CCOC(=O)c1ccc(OCCCN2CCc3cc(OC)c(OC)cc3C2Cc2cccc3ccccc23)cc1.Cl. The minimum Gasteiger partial charge on any atom is -0.494 e. The van der Waals surface area contributed by atoms with Gasteiger partial charge in [-0.15, -0.1) is 12.4 Å². The highest BCUT2D eigenvalue weighted by Gasteiger charge is 2.29. The predicted molar refractivity (Wildman–Crippen MR) is 165 cm³/mol. The maximum absolute atomic E-state index is 11.9. The Kier molecular flexibility index (Phi) is 10.5. The van der Waals surface area contributed by atoms with Crippen molar-refractivity contribution in [3.63, 3.8) is 0 Å². The molecule has 7 heteroatoms. The number of esters is 1. The van der Waals surface area contributed by atoms with Gasteiger partial charge in [-0.1, -0.05) is 42.5 Å². The second-order valence-electron chi connectivity index (χ2n) is 10.00. The van der Waals surface area contributed by atoms with Gasteiger partial charge in [0.2, 0.25) is 0 Å². The normalized spacial score (nSPS) is 14.6. The number of carbonyl (C=O) groups excluding carboxylic acids is 1. The number of benzene rings is 4. The zero-order valence-electron chi connectivity index (χ0n) is 23.9. The standard InChI is InChI=1S/C34H37NO5.ClH/c1-4-39-34(36)25-13-15-28(16-14-25)40-20-8-18-35-19-17-27-22-32(37-2)33(38-3)23-30(27)31(35)21-26-11-7-10-24-9-5-6-12-29(24)26;/h5-7,9-16,22-23,31H,4,8,17-21H2,1-3H3;1H. The summed E-state index contributed by atoms with van der Waals surface area (Å²) in [6.07, 6.45) is 2.74. The molecule has 0 saturated carbocycles. The van der Waals surface area contributed by atoms with Crippen LogP contribution in [-0.2, 0) is 17.6 Å². The summed E-state index contributed by atoms with van der Waals surface area (Å²) >= 11 is 0. The van der Waals surface area contributed by atoms with Crippen LogP contribution >= 0.6 is 12.4 Å². The molecule has 0 fully saturated rings. The fourth-order valence-corrected chi connectivity index (χ4v) is 5.62. The van der Waals surface area contributed by atoms with E-state index < -0.39 is 0 Å². The highest BCUT2D eigenvalue weighted by molar-refractivity contribution is 5.89. The summed E-state index contributed by atoms with van der Waals surface area (Å²) in [5.74, 6) is 1.98. The zero-order chi connectivity index (χ0) is 27.9. The van der Waals surface area contributed by atoms with Crippen LogP contribution in [0.3, 0.4) is 0 Å². The van der Waals surface area contributed by atoms with E-state index >= 15 is 0 Å². The van der Waals surface area contributed by atoms with E-state index in [4.69, 9.17) is 18.9 Å². The molecule has 0 amide bonds. The largest absolute Gasteiger partial charge is 0.494 e. The van der Waals surface area contributed by atoms with Crippen LogP contribution in [0.4, 0.5) is 0 Å². The molecule has 1 aliphatic rings. The Morgan fingerprint density at radius 2 is 1.66 bits per heavy atom. The van der Waals surface area contributed by atoms with Gasteiger partial charge in [0.15, 0.2) is 11.5 Å². The molecule has 5 rings (SSSR count).